The van der Waals surface area contributed by atoms with Crippen LogP contribution in [0.25, 0.3) is 0 Å². The summed E-state index contributed by atoms with van der Waals surface area (Å²) in [5, 5.41) is -1.15. The molecule has 1 atom stereocenters. The van der Waals surface area contributed by atoms with Gasteiger partial charge in [-0.1, -0.05) is 19.8 Å². The van der Waals surface area contributed by atoms with Gasteiger partial charge in [0.1, 0.15) is 5.75 Å². The van der Waals surface area contributed by atoms with E-state index in [0.29, 0.717) is 12.2 Å². The van der Waals surface area contributed by atoms with Crippen LogP contribution in [0.1, 0.15) is 33.1 Å². The van der Waals surface area contributed by atoms with Crippen LogP contribution in [-0.2, 0) is 19.4 Å². The van der Waals surface area contributed by atoms with Crippen LogP contribution in [0.15, 0.2) is 29.2 Å². The number of carbonyl (C=O) groups excluding carboxylic acids is 1. The maximum atomic E-state index is 12.6. The molecule has 0 bridgehead atoms. The lowest BCUT2D eigenvalue weighted by molar-refractivity contribution is -0.142. The molecule has 1 rings (SSSR count). The highest BCUT2D eigenvalue weighted by Gasteiger charge is 2.34. The van der Waals surface area contributed by atoms with Crippen LogP contribution in [0.2, 0.25) is 0 Å². The van der Waals surface area contributed by atoms with Crippen molar-refractivity contribution in [2.24, 2.45) is 0 Å². The van der Waals surface area contributed by atoms with Gasteiger partial charge in [-0.2, -0.15) is 0 Å². The monoisotopic (exact) mass is 314 g/mol. The molecule has 0 saturated carbocycles. The fraction of sp³-hybridized carbons (Fsp3) is 0.533. The largest absolute Gasteiger partial charge is 0.497 e. The van der Waals surface area contributed by atoms with Crippen molar-refractivity contribution >= 4 is 15.8 Å². The van der Waals surface area contributed by atoms with Crippen LogP contribution in [0.4, 0.5) is 0 Å². The normalized spacial score (nSPS) is 12.7. The number of methoxy groups -OCH3 is 1. The maximum Gasteiger partial charge on any atom is 0.324 e. The Balaban J connectivity index is 3.09. The Bertz CT molecular complexity index is 548. The molecule has 0 amide bonds. The average Bonchev–Trinajstić information content (AvgIpc) is 2.47. The third-order valence-corrected chi connectivity index (χ3v) is 5.24. The van der Waals surface area contributed by atoms with Gasteiger partial charge >= 0.3 is 5.97 Å². The van der Waals surface area contributed by atoms with E-state index in [0.717, 1.165) is 6.42 Å². The SMILES string of the molecule is CCCC[C@H](C(=O)OCC)S(=O)(=O)c1ccc(OC)cc1. The number of carbonyl (C=O) groups is 1. The minimum atomic E-state index is -3.75. The van der Waals surface area contributed by atoms with Gasteiger partial charge in [-0.05, 0) is 37.6 Å². The van der Waals surface area contributed by atoms with E-state index >= 15 is 0 Å². The molecule has 0 aromatic heterocycles. The molecular formula is C15H22O5S. The highest BCUT2D eigenvalue weighted by Crippen LogP contribution is 2.23. The topological polar surface area (TPSA) is 69.7 Å². The van der Waals surface area contributed by atoms with Gasteiger partial charge in [-0.3, -0.25) is 4.79 Å². The van der Waals surface area contributed by atoms with Crippen LogP contribution < -0.4 is 4.74 Å². The fourth-order valence-corrected chi connectivity index (χ4v) is 3.60. The summed E-state index contributed by atoms with van der Waals surface area (Å²) in [6, 6.07) is 6.03. The minimum Gasteiger partial charge on any atom is -0.497 e. The number of sulfone groups is 1. The van der Waals surface area contributed by atoms with E-state index in [-0.39, 0.29) is 17.9 Å². The van der Waals surface area contributed by atoms with Gasteiger partial charge in [0, 0.05) is 0 Å². The van der Waals surface area contributed by atoms with Crippen molar-refractivity contribution in [1.82, 2.24) is 0 Å². The van der Waals surface area contributed by atoms with Crippen molar-refractivity contribution < 1.29 is 22.7 Å². The summed E-state index contributed by atoms with van der Waals surface area (Å²) < 4.78 is 35.1. The molecule has 6 heteroatoms. The zero-order valence-corrected chi connectivity index (χ0v) is 13.5. The average molecular weight is 314 g/mol. The van der Waals surface area contributed by atoms with Crippen LogP contribution in [-0.4, -0.2) is 33.4 Å². The lowest BCUT2D eigenvalue weighted by Crippen LogP contribution is -2.32. The summed E-state index contributed by atoms with van der Waals surface area (Å²) in [5.74, 6) is -0.114. The van der Waals surface area contributed by atoms with Gasteiger partial charge < -0.3 is 9.47 Å². The number of unbranched alkanes of at least 4 members (excludes halogenated alkanes) is 1. The predicted octanol–water partition coefficient (Wildman–Crippen LogP) is 2.59. The van der Waals surface area contributed by atoms with E-state index in [1.165, 1.54) is 19.2 Å². The Hall–Kier alpha value is -1.56. The van der Waals surface area contributed by atoms with Gasteiger partial charge in [-0.25, -0.2) is 8.42 Å². The third-order valence-electron chi connectivity index (χ3n) is 3.13. The van der Waals surface area contributed by atoms with E-state index in [1.54, 1.807) is 19.1 Å². The number of benzene rings is 1. The van der Waals surface area contributed by atoms with Crippen LogP contribution in [0.5, 0.6) is 5.75 Å². The number of ether oxygens (including phenoxy) is 2. The maximum absolute atomic E-state index is 12.6. The number of rotatable bonds is 8. The van der Waals surface area contributed by atoms with Gasteiger partial charge in [-0.15, -0.1) is 0 Å². The van der Waals surface area contributed by atoms with Gasteiger partial charge in [0.05, 0.1) is 18.6 Å². The van der Waals surface area contributed by atoms with E-state index < -0.39 is 21.1 Å². The number of hydrogen-bond acceptors (Lipinski definition) is 5. The Morgan fingerprint density at radius 2 is 1.81 bits per heavy atom. The summed E-state index contributed by atoms with van der Waals surface area (Å²) in [6.07, 6.45) is 1.73. The first kappa shape index (κ1) is 17.5. The zero-order valence-electron chi connectivity index (χ0n) is 12.7. The van der Waals surface area contributed by atoms with E-state index in [2.05, 4.69) is 0 Å². The predicted molar refractivity (Wildman–Crippen MR) is 80.1 cm³/mol. The zero-order chi connectivity index (χ0) is 15.9. The van der Waals surface area contributed by atoms with Crippen molar-refractivity contribution in [3.8, 4) is 5.75 Å². The molecule has 0 unspecified atom stereocenters. The first-order valence-corrected chi connectivity index (χ1v) is 8.56. The molecule has 0 saturated heterocycles. The standard InChI is InChI=1S/C15H22O5S/c1-4-6-7-14(15(16)20-5-2)21(17,18)13-10-8-12(19-3)9-11-13/h8-11,14H,4-7H2,1-3H3/t14-/m1/s1. The second-order valence-corrected chi connectivity index (χ2v) is 6.73. The van der Waals surface area contributed by atoms with Gasteiger partial charge in [0.2, 0.25) is 0 Å². The second-order valence-electron chi connectivity index (χ2n) is 4.60. The summed E-state index contributed by atoms with van der Waals surface area (Å²) >= 11 is 0. The second kappa shape index (κ2) is 8.02. The first-order chi connectivity index (χ1) is 9.97. The van der Waals surface area contributed by atoms with Crippen molar-refractivity contribution in [3.05, 3.63) is 24.3 Å². The summed E-state index contributed by atoms with van der Waals surface area (Å²) in [7, 11) is -2.24. The quantitative estimate of drug-likeness (QED) is 0.690. The molecule has 0 aliphatic heterocycles. The van der Waals surface area contributed by atoms with Crippen LogP contribution in [0, 0.1) is 0 Å². The van der Waals surface area contributed by atoms with Crippen molar-refractivity contribution in [2.75, 3.05) is 13.7 Å². The lowest BCUT2D eigenvalue weighted by atomic mass is 10.2. The van der Waals surface area contributed by atoms with Crippen molar-refractivity contribution in [3.63, 3.8) is 0 Å². The van der Waals surface area contributed by atoms with Gasteiger partial charge in [0.15, 0.2) is 15.1 Å². The molecular weight excluding hydrogens is 292 g/mol. The van der Waals surface area contributed by atoms with E-state index in [4.69, 9.17) is 9.47 Å². The lowest BCUT2D eigenvalue weighted by Gasteiger charge is -2.16. The summed E-state index contributed by atoms with van der Waals surface area (Å²) in [5.41, 5.74) is 0. The smallest absolute Gasteiger partial charge is 0.324 e. The highest BCUT2D eigenvalue weighted by atomic mass is 32.2. The Kier molecular flexibility index (Phi) is 6.68. The molecule has 0 fully saturated rings. The molecule has 0 aliphatic rings. The molecule has 1 aromatic rings. The summed E-state index contributed by atoms with van der Waals surface area (Å²) in [4.78, 5) is 12.1. The van der Waals surface area contributed by atoms with E-state index in [9.17, 15) is 13.2 Å². The van der Waals surface area contributed by atoms with Gasteiger partial charge in [0.25, 0.3) is 0 Å². The molecule has 0 N–H and O–H groups in total. The Labute approximate surface area is 126 Å². The molecule has 0 aliphatic carbocycles. The molecule has 0 spiro atoms. The number of hydrogen-bond donors (Lipinski definition) is 0. The summed E-state index contributed by atoms with van der Waals surface area (Å²) in [6.45, 7) is 3.77. The molecule has 0 heterocycles. The van der Waals surface area contributed by atoms with Crippen LogP contribution >= 0.6 is 0 Å². The minimum absolute atomic E-state index is 0.109. The molecule has 118 valence electrons. The van der Waals surface area contributed by atoms with Crippen molar-refractivity contribution in [2.45, 2.75) is 43.3 Å². The Morgan fingerprint density at radius 3 is 2.29 bits per heavy atom. The molecule has 5 nitrogen and oxygen atoms in total. The molecule has 21 heavy (non-hydrogen) atoms. The molecule has 0 radical (unpaired) electrons. The molecule has 1 aromatic carbocycles. The number of esters is 1. The Morgan fingerprint density at radius 1 is 1.19 bits per heavy atom. The van der Waals surface area contributed by atoms with E-state index in [1.807, 2.05) is 6.92 Å². The highest BCUT2D eigenvalue weighted by molar-refractivity contribution is 7.92. The first-order valence-electron chi connectivity index (χ1n) is 7.01. The van der Waals surface area contributed by atoms with Crippen molar-refractivity contribution in [1.29, 1.82) is 0 Å². The van der Waals surface area contributed by atoms with Crippen LogP contribution in [0.3, 0.4) is 0 Å². The fourth-order valence-electron chi connectivity index (χ4n) is 1.95. The third kappa shape index (κ3) is 4.46.